The van der Waals surface area contributed by atoms with Gasteiger partial charge >= 0.3 is 0 Å². The third-order valence-electron chi connectivity index (χ3n) is 4.48. The van der Waals surface area contributed by atoms with Crippen LogP contribution in [0.3, 0.4) is 0 Å². The summed E-state index contributed by atoms with van der Waals surface area (Å²) in [6.45, 7) is 9.11. The Balaban J connectivity index is 0.00000225. The summed E-state index contributed by atoms with van der Waals surface area (Å²) in [4.78, 5) is 4.72. The third kappa shape index (κ3) is 6.33. The predicted molar refractivity (Wildman–Crippen MR) is 112 cm³/mol. The second-order valence-electron chi connectivity index (χ2n) is 7.21. The van der Waals surface area contributed by atoms with Gasteiger partial charge in [0.25, 0.3) is 0 Å². The van der Waals surface area contributed by atoms with Crippen LogP contribution in [-0.2, 0) is 11.3 Å². The van der Waals surface area contributed by atoms with Gasteiger partial charge in [-0.25, -0.2) is 4.99 Å². The van der Waals surface area contributed by atoms with Crippen LogP contribution in [0.1, 0.15) is 32.3 Å². The fourth-order valence-electron chi connectivity index (χ4n) is 2.62. The maximum absolute atomic E-state index is 5.97. The number of aliphatic imine (C=N–C) groups is 1. The van der Waals surface area contributed by atoms with Crippen molar-refractivity contribution < 1.29 is 9.47 Å². The van der Waals surface area contributed by atoms with E-state index in [4.69, 9.17) is 14.5 Å². The molecule has 2 fully saturated rings. The molecule has 0 unspecified atom stereocenters. The summed E-state index contributed by atoms with van der Waals surface area (Å²) in [5.41, 5.74) is 1.36. The first-order valence-corrected chi connectivity index (χ1v) is 8.99. The van der Waals surface area contributed by atoms with E-state index in [1.54, 1.807) is 0 Å². The molecule has 0 spiro atoms. The van der Waals surface area contributed by atoms with E-state index in [0.29, 0.717) is 6.54 Å². The van der Waals surface area contributed by atoms with Gasteiger partial charge in [0.15, 0.2) is 5.96 Å². The third-order valence-corrected chi connectivity index (χ3v) is 4.48. The highest BCUT2D eigenvalue weighted by molar-refractivity contribution is 14.0. The number of hydrogen-bond donors (Lipinski definition) is 2. The first-order chi connectivity index (χ1) is 11.7. The zero-order chi connectivity index (χ0) is 16.8. The maximum atomic E-state index is 5.97. The van der Waals surface area contributed by atoms with Crippen LogP contribution >= 0.6 is 24.0 Å². The Bertz CT molecular complexity index is 572. The van der Waals surface area contributed by atoms with Gasteiger partial charge in [0.2, 0.25) is 0 Å². The van der Waals surface area contributed by atoms with Crippen molar-refractivity contribution in [2.24, 2.45) is 16.3 Å². The summed E-state index contributed by atoms with van der Waals surface area (Å²) in [5.74, 6) is 2.57. The summed E-state index contributed by atoms with van der Waals surface area (Å²) in [7, 11) is 0. The lowest BCUT2D eigenvalue weighted by Crippen LogP contribution is -2.51. The molecule has 2 N–H and O–H groups in total. The number of halogens is 1. The van der Waals surface area contributed by atoms with Crippen molar-refractivity contribution in [2.75, 3.05) is 32.9 Å². The molecule has 0 aromatic heterocycles. The normalized spacial score (nSPS) is 18.7. The number of rotatable bonds is 8. The van der Waals surface area contributed by atoms with Crippen LogP contribution < -0.4 is 15.4 Å². The highest BCUT2D eigenvalue weighted by atomic mass is 127. The molecule has 1 aliphatic carbocycles. The fraction of sp³-hybridized carbons (Fsp3) is 0.632. The Labute approximate surface area is 168 Å². The molecule has 1 aromatic rings. The number of benzene rings is 1. The first kappa shape index (κ1) is 20.3. The van der Waals surface area contributed by atoms with Gasteiger partial charge in [-0.15, -0.1) is 24.0 Å². The number of guanidine groups is 1. The minimum atomic E-state index is 0. The topological polar surface area (TPSA) is 54.9 Å². The second kappa shape index (κ2) is 9.62. The average Bonchev–Trinajstić information content (AvgIpc) is 3.39. The molecular weight excluding hydrogens is 429 g/mol. The molecule has 0 amide bonds. The molecule has 1 aliphatic heterocycles. The van der Waals surface area contributed by atoms with Gasteiger partial charge < -0.3 is 20.1 Å². The minimum Gasteiger partial charge on any atom is -0.493 e. The number of ether oxygens (including phenoxy) is 2. The van der Waals surface area contributed by atoms with E-state index >= 15 is 0 Å². The molecule has 1 aromatic carbocycles. The van der Waals surface area contributed by atoms with Crippen LogP contribution in [0.25, 0.3) is 0 Å². The molecule has 0 radical (unpaired) electrons. The van der Waals surface area contributed by atoms with Crippen molar-refractivity contribution in [3.63, 3.8) is 0 Å². The van der Waals surface area contributed by atoms with Crippen LogP contribution in [0.5, 0.6) is 5.75 Å². The van der Waals surface area contributed by atoms with E-state index in [-0.39, 0.29) is 29.4 Å². The lowest BCUT2D eigenvalue weighted by atomic mass is 9.89. The second-order valence-corrected chi connectivity index (χ2v) is 7.21. The molecule has 2 aliphatic rings. The summed E-state index contributed by atoms with van der Waals surface area (Å²) >= 11 is 0. The van der Waals surface area contributed by atoms with Crippen LogP contribution in [0.4, 0.5) is 0 Å². The molecule has 25 heavy (non-hydrogen) atoms. The quantitative estimate of drug-likeness (QED) is 0.356. The lowest BCUT2D eigenvalue weighted by Gasteiger charge is -2.38. The molecular formula is C19H30IN3O2. The zero-order valence-electron chi connectivity index (χ0n) is 15.2. The SMILES string of the molecule is CCNC(=NCc1ccccc1OCC1CC1)NCC1(C)COC1.I. The Morgan fingerprint density at radius 1 is 1.28 bits per heavy atom. The molecule has 5 nitrogen and oxygen atoms in total. The molecule has 1 saturated carbocycles. The predicted octanol–water partition coefficient (Wildman–Crippen LogP) is 3.19. The molecule has 140 valence electrons. The Hall–Kier alpha value is -1.02. The molecule has 1 heterocycles. The molecule has 3 rings (SSSR count). The Morgan fingerprint density at radius 2 is 2.04 bits per heavy atom. The van der Waals surface area contributed by atoms with Crippen molar-refractivity contribution in [3.8, 4) is 5.75 Å². The van der Waals surface area contributed by atoms with Gasteiger partial charge in [0, 0.05) is 24.1 Å². The highest BCUT2D eigenvalue weighted by Gasteiger charge is 2.33. The molecule has 0 bridgehead atoms. The van der Waals surface area contributed by atoms with Crippen LogP contribution in [-0.4, -0.2) is 38.9 Å². The van der Waals surface area contributed by atoms with E-state index in [0.717, 1.165) is 56.1 Å². The van der Waals surface area contributed by atoms with Gasteiger partial charge in [-0.2, -0.15) is 0 Å². The monoisotopic (exact) mass is 459 g/mol. The van der Waals surface area contributed by atoms with Gasteiger partial charge in [-0.3, -0.25) is 0 Å². The highest BCUT2D eigenvalue weighted by Crippen LogP contribution is 2.30. The van der Waals surface area contributed by atoms with Crippen molar-refractivity contribution >= 4 is 29.9 Å². The summed E-state index contributed by atoms with van der Waals surface area (Å²) < 4.78 is 11.3. The molecule has 1 saturated heterocycles. The molecule has 0 atom stereocenters. The van der Waals surface area contributed by atoms with E-state index in [1.807, 2.05) is 18.2 Å². The van der Waals surface area contributed by atoms with Gasteiger partial charge in [-0.1, -0.05) is 25.1 Å². The Morgan fingerprint density at radius 3 is 2.68 bits per heavy atom. The summed E-state index contributed by atoms with van der Waals surface area (Å²) in [5, 5.41) is 6.74. The number of nitrogens with zero attached hydrogens (tertiary/aromatic N) is 1. The fourth-order valence-corrected chi connectivity index (χ4v) is 2.62. The van der Waals surface area contributed by atoms with E-state index in [9.17, 15) is 0 Å². The molecule has 6 heteroatoms. The zero-order valence-corrected chi connectivity index (χ0v) is 17.5. The number of hydrogen-bond acceptors (Lipinski definition) is 3. The first-order valence-electron chi connectivity index (χ1n) is 8.99. The average molecular weight is 459 g/mol. The van der Waals surface area contributed by atoms with Crippen LogP contribution in [0.15, 0.2) is 29.3 Å². The minimum absolute atomic E-state index is 0. The lowest BCUT2D eigenvalue weighted by molar-refractivity contribution is -0.0971. The van der Waals surface area contributed by atoms with Crippen LogP contribution in [0.2, 0.25) is 0 Å². The van der Waals surface area contributed by atoms with Crippen molar-refractivity contribution in [3.05, 3.63) is 29.8 Å². The van der Waals surface area contributed by atoms with Gasteiger partial charge in [0.1, 0.15) is 5.75 Å². The van der Waals surface area contributed by atoms with Crippen LogP contribution in [0, 0.1) is 11.3 Å². The summed E-state index contributed by atoms with van der Waals surface area (Å²) in [6, 6.07) is 8.20. The Kier molecular flexibility index (Phi) is 7.81. The standard InChI is InChI=1S/C19H29N3O2.HI/c1-3-20-18(22-12-19(2)13-23-14-19)21-10-16-6-4-5-7-17(16)24-11-15-8-9-15;/h4-7,15H,3,8-14H2,1-2H3,(H2,20,21,22);1H. The van der Waals surface area contributed by atoms with Crippen molar-refractivity contribution in [1.29, 1.82) is 0 Å². The number of para-hydroxylation sites is 1. The summed E-state index contributed by atoms with van der Waals surface area (Å²) in [6.07, 6.45) is 2.61. The van der Waals surface area contributed by atoms with Crippen molar-refractivity contribution in [2.45, 2.75) is 33.2 Å². The maximum Gasteiger partial charge on any atom is 0.191 e. The van der Waals surface area contributed by atoms with Crippen molar-refractivity contribution in [1.82, 2.24) is 10.6 Å². The number of nitrogens with one attached hydrogen (secondary N) is 2. The largest absolute Gasteiger partial charge is 0.493 e. The van der Waals surface area contributed by atoms with Gasteiger partial charge in [0.05, 0.1) is 26.4 Å². The van der Waals surface area contributed by atoms with E-state index in [2.05, 4.69) is 30.5 Å². The van der Waals surface area contributed by atoms with E-state index in [1.165, 1.54) is 12.8 Å². The van der Waals surface area contributed by atoms with Gasteiger partial charge in [-0.05, 0) is 31.7 Å². The van der Waals surface area contributed by atoms with E-state index < -0.39 is 0 Å². The smallest absolute Gasteiger partial charge is 0.191 e.